The minimum absolute atomic E-state index is 0.0307. The summed E-state index contributed by atoms with van der Waals surface area (Å²) in [7, 11) is -4.30. The second kappa shape index (κ2) is 31.4. The molecule has 0 rings (SSSR count). The molecule has 0 bridgehead atoms. The Hall–Kier alpha value is -0.0900. The molecule has 0 radical (unpaired) electrons. The van der Waals surface area contributed by atoms with Crippen LogP contribution in [0.1, 0.15) is 136 Å². The summed E-state index contributed by atoms with van der Waals surface area (Å²) in [4.78, 5) is 27.8. The Morgan fingerprint density at radius 2 is 1.05 bits per heavy atom. The van der Waals surface area contributed by atoms with Crippen LogP contribution in [0.3, 0.4) is 0 Å². The highest BCUT2D eigenvalue weighted by Gasteiger charge is 2.17. The van der Waals surface area contributed by atoms with Gasteiger partial charge in [-0.05, 0) is 25.2 Å². The van der Waals surface area contributed by atoms with Crippen molar-refractivity contribution in [1.82, 2.24) is 5.23 Å². The number of hydrogen-bond donors (Lipinski definition) is 4. The summed E-state index contributed by atoms with van der Waals surface area (Å²) < 4.78 is 15.3. The van der Waals surface area contributed by atoms with Crippen molar-refractivity contribution in [2.75, 3.05) is 39.6 Å². The molecule has 0 aromatic rings. The molecular formula is C28H62NO8P. The molecule has 9 nitrogen and oxygen atoms in total. The van der Waals surface area contributed by atoms with E-state index < -0.39 is 7.82 Å². The average molecular weight is 572 g/mol. The molecule has 0 saturated carbocycles. The van der Waals surface area contributed by atoms with E-state index in [1.54, 1.807) is 0 Å². The third kappa shape index (κ3) is 33.9. The van der Waals surface area contributed by atoms with Crippen LogP contribution in [-0.2, 0) is 18.8 Å². The largest absolute Gasteiger partial charge is 0.469 e. The number of aliphatic hydroxyl groups is 2. The number of aliphatic hydroxyl groups excluding tert-OH is 2. The van der Waals surface area contributed by atoms with Crippen molar-refractivity contribution in [2.24, 2.45) is 5.92 Å². The number of phosphoric ester groups is 1. The number of nitrogens with zero attached hydrogens (tertiary/aromatic N) is 1. The van der Waals surface area contributed by atoms with E-state index in [0.717, 1.165) is 44.9 Å². The lowest BCUT2D eigenvalue weighted by atomic mass is 9.96. The third-order valence-corrected chi connectivity index (χ3v) is 6.74. The van der Waals surface area contributed by atoms with Gasteiger partial charge >= 0.3 is 7.82 Å². The first-order valence-electron chi connectivity index (χ1n) is 15.3. The van der Waals surface area contributed by atoms with Gasteiger partial charge in [0.2, 0.25) is 0 Å². The molecule has 0 saturated heterocycles. The Morgan fingerprint density at radius 3 is 1.50 bits per heavy atom. The van der Waals surface area contributed by atoms with Gasteiger partial charge in [-0.1, -0.05) is 122 Å². The van der Waals surface area contributed by atoms with Crippen molar-refractivity contribution >= 4 is 7.82 Å². The van der Waals surface area contributed by atoms with E-state index in [1.165, 1.54) is 75.9 Å². The zero-order valence-electron chi connectivity index (χ0n) is 24.9. The summed E-state index contributed by atoms with van der Waals surface area (Å²) in [5.74, 6) is 0.291. The van der Waals surface area contributed by atoms with Crippen LogP contribution < -0.4 is 0 Å². The van der Waals surface area contributed by atoms with Crippen LogP contribution in [0.4, 0.5) is 0 Å². The van der Waals surface area contributed by atoms with Gasteiger partial charge in [-0.15, -0.1) is 0 Å². The minimum Gasteiger partial charge on any atom is -0.394 e. The first-order valence-corrected chi connectivity index (χ1v) is 16.8. The summed E-state index contributed by atoms with van der Waals surface area (Å²) in [6, 6.07) is 0. The Labute approximate surface area is 233 Å². The summed E-state index contributed by atoms with van der Waals surface area (Å²) in [5.41, 5.74) is 0. The minimum atomic E-state index is -4.30. The SMILES string of the molecule is CCCCCCC(CCCC)COP(=O)(O)O.CCCCCCCCCCCCN(OCCO)OCCO. The van der Waals surface area contributed by atoms with Crippen LogP contribution in [0.5, 0.6) is 0 Å². The molecule has 232 valence electrons. The molecule has 0 aliphatic rings. The monoisotopic (exact) mass is 571 g/mol. The van der Waals surface area contributed by atoms with Gasteiger partial charge in [0.05, 0.1) is 39.6 Å². The molecule has 0 amide bonds. The van der Waals surface area contributed by atoms with E-state index >= 15 is 0 Å². The number of hydrogen-bond acceptors (Lipinski definition) is 7. The van der Waals surface area contributed by atoms with Crippen LogP contribution in [-0.4, -0.2) is 64.8 Å². The molecular weight excluding hydrogens is 509 g/mol. The van der Waals surface area contributed by atoms with Crippen molar-refractivity contribution in [1.29, 1.82) is 0 Å². The molecule has 0 aliphatic heterocycles. The van der Waals surface area contributed by atoms with Crippen LogP contribution in [0.15, 0.2) is 0 Å². The number of phosphoric acid groups is 1. The van der Waals surface area contributed by atoms with E-state index in [9.17, 15) is 4.57 Å². The van der Waals surface area contributed by atoms with Crippen molar-refractivity contribution in [3.63, 3.8) is 0 Å². The zero-order chi connectivity index (χ0) is 28.7. The third-order valence-electron chi connectivity index (χ3n) is 6.26. The molecule has 1 atom stereocenters. The van der Waals surface area contributed by atoms with E-state index in [2.05, 4.69) is 25.3 Å². The van der Waals surface area contributed by atoms with Gasteiger partial charge in [0, 0.05) is 0 Å². The summed E-state index contributed by atoms with van der Waals surface area (Å²) >= 11 is 0. The summed E-state index contributed by atoms with van der Waals surface area (Å²) in [6.07, 6.45) is 21.9. The van der Waals surface area contributed by atoms with E-state index in [0.29, 0.717) is 12.5 Å². The number of unbranched alkanes of at least 4 members (excludes halogenated alkanes) is 13. The maximum atomic E-state index is 10.7. The standard InChI is InChI=1S/C16H35NO4.C12H27O4P/c1-2-3-4-5-6-7-8-9-10-11-12-17(20-15-13-18)21-16-14-19;1-3-5-7-8-10-12(9-6-4-2)11-16-17(13,14)15/h18-19H,2-16H2,1H3;12H,3-11H2,1-2H3,(H2,13,14,15). The number of hydroxylamine groups is 2. The van der Waals surface area contributed by atoms with Gasteiger partial charge in [-0.25, -0.2) is 4.57 Å². The van der Waals surface area contributed by atoms with Gasteiger partial charge in [-0.3, -0.25) is 14.2 Å². The quantitative estimate of drug-likeness (QED) is 0.0449. The topological polar surface area (TPSA) is 129 Å². The van der Waals surface area contributed by atoms with Crippen LogP contribution in [0, 0.1) is 5.92 Å². The van der Waals surface area contributed by atoms with Gasteiger partial charge in [0.15, 0.2) is 0 Å². The van der Waals surface area contributed by atoms with Gasteiger partial charge in [-0.2, -0.15) is 0 Å². The molecule has 0 aromatic carbocycles. The van der Waals surface area contributed by atoms with E-state index in [1.807, 2.05) is 0 Å². The van der Waals surface area contributed by atoms with E-state index in [-0.39, 0.29) is 33.0 Å². The second-order valence-corrected chi connectivity index (χ2v) is 11.2. The van der Waals surface area contributed by atoms with Gasteiger partial charge < -0.3 is 20.0 Å². The predicted octanol–water partition coefficient (Wildman–Crippen LogP) is 6.93. The normalized spacial score (nSPS) is 12.5. The maximum absolute atomic E-state index is 10.7. The zero-order valence-corrected chi connectivity index (χ0v) is 25.8. The van der Waals surface area contributed by atoms with Crippen LogP contribution in [0.2, 0.25) is 0 Å². The van der Waals surface area contributed by atoms with E-state index in [4.69, 9.17) is 29.7 Å². The highest BCUT2D eigenvalue weighted by molar-refractivity contribution is 7.46. The molecule has 1 unspecified atom stereocenters. The fourth-order valence-electron chi connectivity index (χ4n) is 4.05. The predicted molar refractivity (Wildman–Crippen MR) is 154 cm³/mol. The lowest BCUT2D eigenvalue weighted by Crippen LogP contribution is -2.28. The van der Waals surface area contributed by atoms with Crippen molar-refractivity contribution in [3.8, 4) is 0 Å². The van der Waals surface area contributed by atoms with Gasteiger partial charge in [0.25, 0.3) is 0 Å². The van der Waals surface area contributed by atoms with Crippen molar-refractivity contribution in [3.05, 3.63) is 0 Å². The summed E-state index contributed by atoms with van der Waals surface area (Å²) in [5, 5.41) is 18.8. The Bertz CT molecular complexity index is 487. The summed E-state index contributed by atoms with van der Waals surface area (Å²) in [6.45, 7) is 7.80. The molecule has 0 heterocycles. The Morgan fingerprint density at radius 1 is 0.632 bits per heavy atom. The molecule has 0 aliphatic carbocycles. The fourth-order valence-corrected chi connectivity index (χ4v) is 4.45. The first-order chi connectivity index (χ1) is 18.3. The Balaban J connectivity index is 0. The lowest BCUT2D eigenvalue weighted by Gasteiger charge is -2.20. The molecule has 0 spiro atoms. The highest BCUT2D eigenvalue weighted by atomic mass is 31.2. The van der Waals surface area contributed by atoms with Gasteiger partial charge in [0.1, 0.15) is 0 Å². The molecule has 38 heavy (non-hydrogen) atoms. The fraction of sp³-hybridized carbons (Fsp3) is 1.00. The molecule has 0 fully saturated rings. The Kier molecular flexibility index (Phi) is 33.1. The smallest absolute Gasteiger partial charge is 0.394 e. The highest BCUT2D eigenvalue weighted by Crippen LogP contribution is 2.37. The maximum Gasteiger partial charge on any atom is 0.469 e. The number of rotatable bonds is 28. The second-order valence-electron chi connectivity index (χ2n) is 10.00. The molecule has 10 heteroatoms. The molecule has 0 aromatic heterocycles. The average Bonchev–Trinajstić information content (AvgIpc) is 2.89. The van der Waals surface area contributed by atoms with Crippen molar-refractivity contribution < 1.29 is 38.8 Å². The van der Waals surface area contributed by atoms with Crippen molar-refractivity contribution in [2.45, 2.75) is 136 Å². The lowest BCUT2D eigenvalue weighted by molar-refractivity contribution is -0.371. The molecule has 4 N–H and O–H groups in total. The van der Waals surface area contributed by atoms with Crippen LogP contribution in [0.25, 0.3) is 0 Å². The first kappa shape index (κ1) is 40.1. The van der Waals surface area contributed by atoms with Crippen LogP contribution >= 0.6 is 7.82 Å².